The Morgan fingerprint density at radius 3 is 2.93 bits per heavy atom. The summed E-state index contributed by atoms with van der Waals surface area (Å²) in [6, 6.07) is 0. The van der Waals surface area contributed by atoms with Crippen molar-refractivity contribution < 1.29 is 14.3 Å². The molecule has 0 aromatic rings. The predicted octanol–water partition coefficient (Wildman–Crippen LogP) is 1.92. The van der Waals surface area contributed by atoms with Gasteiger partial charge in [0.1, 0.15) is 0 Å². The van der Waals surface area contributed by atoms with E-state index in [4.69, 9.17) is 4.74 Å². The van der Waals surface area contributed by atoms with Crippen molar-refractivity contribution in [1.29, 1.82) is 0 Å². The minimum Gasteiger partial charge on any atom is -0.466 e. The first-order valence-corrected chi connectivity index (χ1v) is 5.02. The number of ether oxygens (including phenoxy) is 2. The van der Waals surface area contributed by atoms with Crippen LogP contribution in [-0.2, 0) is 14.3 Å². The van der Waals surface area contributed by atoms with Gasteiger partial charge in [0.05, 0.1) is 19.8 Å². The van der Waals surface area contributed by atoms with Gasteiger partial charge in [-0.1, -0.05) is 19.4 Å². The molecule has 0 bridgehead atoms. The highest BCUT2D eigenvalue weighted by atomic mass is 16.5. The average Bonchev–Trinajstić information content (AvgIpc) is 2.18. The van der Waals surface area contributed by atoms with E-state index in [1.54, 1.807) is 6.08 Å². The minimum atomic E-state index is -0.260. The molecular formula is C11H18O3. The second-order valence-electron chi connectivity index (χ2n) is 3.93. The summed E-state index contributed by atoms with van der Waals surface area (Å²) in [5.74, 6) is 0.237. The van der Waals surface area contributed by atoms with Crippen molar-refractivity contribution in [2.24, 2.45) is 5.92 Å². The van der Waals surface area contributed by atoms with Crippen LogP contribution in [0.3, 0.4) is 0 Å². The Bertz CT molecular complexity index is 231. The quantitative estimate of drug-likeness (QED) is 0.502. The van der Waals surface area contributed by atoms with Gasteiger partial charge < -0.3 is 9.47 Å². The number of hydrogen-bond acceptors (Lipinski definition) is 3. The van der Waals surface area contributed by atoms with E-state index in [0.29, 0.717) is 12.5 Å². The zero-order chi connectivity index (χ0) is 10.6. The van der Waals surface area contributed by atoms with E-state index >= 15 is 0 Å². The Morgan fingerprint density at radius 1 is 1.64 bits per heavy atom. The molecule has 1 aliphatic rings. The second kappa shape index (κ2) is 5.15. The summed E-state index contributed by atoms with van der Waals surface area (Å²) in [6.07, 6.45) is 3.54. The number of hydrogen-bond donors (Lipinski definition) is 0. The van der Waals surface area contributed by atoms with Gasteiger partial charge in [-0.25, -0.2) is 4.79 Å². The monoisotopic (exact) mass is 198 g/mol. The third kappa shape index (κ3) is 3.14. The third-order valence-corrected chi connectivity index (χ3v) is 2.49. The summed E-state index contributed by atoms with van der Waals surface area (Å²) in [6.45, 7) is 4.98. The summed E-state index contributed by atoms with van der Waals surface area (Å²) in [7, 11) is 1.40. The van der Waals surface area contributed by atoms with Gasteiger partial charge in [-0.05, 0) is 18.8 Å². The highest BCUT2D eigenvalue weighted by molar-refractivity contribution is 5.82. The molecule has 0 amide bonds. The Balaban J connectivity index is 2.55. The highest BCUT2D eigenvalue weighted by Crippen LogP contribution is 2.24. The van der Waals surface area contributed by atoms with Gasteiger partial charge in [-0.3, -0.25) is 0 Å². The number of carbonyl (C=O) groups excluding carboxylic acids is 1. The number of carbonyl (C=O) groups is 1. The maximum atomic E-state index is 11.0. The average molecular weight is 198 g/mol. The van der Waals surface area contributed by atoms with Gasteiger partial charge in [-0.15, -0.1) is 0 Å². The van der Waals surface area contributed by atoms with Crippen LogP contribution in [0, 0.1) is 5.92 Å². The van der Waals surface area contributed by atoms with Crippen LogP contribution >= 0.6 is 0 Å². The molecule has 0 aromatic heterocycles. The van der Waals surface area contributed by atoms with Gasteiger partial charge in [0.25, 0.3) is 0 Å². The van der Waals surface area contributed by atoms with E-state index < -0.39 is 0 Å². The number of rotatable bonds is 2. The molecule has 1 unspecified atom stereocenters. The fourth-order valence-electron chi connectivity index (χ4n) is 1.55. The van der Waals surface area contributed by atoms with Crippen LogP contribution in [0.15, 0.2) is 11.6 Å². The van der Waals surface area contributed by atoms with Crippen LogP contribution < -0.4 is 0 Å². The first-order chi connectivity index (χ1) is 6.63. The zero-order valence-corrected chi connectivity index (χ0v) is 9.08. The van der Waals surface area contributed by atoms with Gasteiger partial charge in [0.2, 0.25) is 0 Å². The molecule has 3 nitrogen and oxygen atoms in total. The molecule has 1 rings (SSSR count). The molecule has 14 heavy (non-hydrogen) atoms. The Hall–Kier alpha value is -0.830. The van der Waals surface area contributed by atoms with Crippen LogP contribution in [0.2, 0.25) is 0 Å². The molecule has 0 saturated carbocycles. The standard InChI is InChI=1S/C11H18O3/c1-8(2)10-6-9(4-5-14-10)7-11(12)13-3/h7-8,10H,4-6H2,1-3H3/b9-7-. The van der Waals surface area contributed by atoms with Crippen LogP contribution in [0.1, 0.15) is 26.7 Å². The van der Waals surface area contributed by atoms with E-state index in [9.17, 15) is 4.79 Å². The van der Waals surface area contributed by atoms with Crippen molar-refractivity contribution in [2.45, 2.75) is 32.8 Å². The lowest BCUT2D eigenvalue weighted by Crippen LogP contribution is -2.26. The molecule has 1 atom stereocenters. The SMILES string of the molecule is COC(=O)/C=C1/CCOC(C(C)C)C1. The zero-order valence-electron chi connectivity index (χ0n) is 9.08. The van der Waals surface area contributed by atoms with Crippen LogP contribution in [0.4, 0.5) is 0 Å². The lowest BCUT2D eigenvalue weighted by Gasteiger charge is -2.27. The third-order valence-electron chi connectivity index (χ3n) is 2.49. The minimum absolute atomic E-state index is 0.250. The van der Waals surface area contributed by atoms with Crippen molar-refractivity contribution in [1.82, 2.24) is 0 Å². The summed E-state index contributed by atoms with van der Waals surface area (Å²) < 4.78 is 10.2. The highest BCUT2D eigenvalue weighted by Gasteiger charge is 2.20. The van der Waals surface area contributed by atoms with Crippen molar-refractivity contribution >= 4 is 5.97 Å². The summed E-state index contributed by atoms with van der Waals surface area (Å²) in [5, 5.41) is 0. The number of methoxy groups -OCH3 is 1. The number of esters is 1. The fourth-order valence-corrected chi connectivity index (χ4v) is 1.55. The molecule has 3 heteroatoms. The van der Waals surface area contributed by atoms with Gasteiger partial charge in [0, 0.05) is 6.08 Å². The normalized spacial score (nSPS) is 25.4. The van der Waals surface area contributed by atoms with Crippen LogP contribution in [0.5, 0.6) is 0 Å². The maximum absolute atomic E-state index is 11.0. The predicted molar refractivity (Wildman–Crippen MR) is 53.9 cm³/mol. The van der Waals surface area contributed by atoms with Crippen molar-refractivity contribution in [3.05, 3.63) is 11.6 Å². The topological polar surface area (TPSA) is 35.5 Å². The molecule has 1 heterocycles. The van der Waals surface area contributed by atoms with E-state index in [1.165, 1.54) is 7.11 Å². The smallest absolute Gasteiger partial charge is 0.330 e. The summed E-state index contributed by atoms with van der Waals surface area (Å²) >= 11 is 0. The summed E-state index contributed by atoms with van der Waals surface area (Å²) in [5.41, 5.74) is 1.14. The Labute approximate surface area is 85.1 Å². The largest absolute Gasteiger partial charge is 0.466 e. The summed E-state index contributed by atoms with van der Waals surface area (Å²) in [4.78, 5) is 11.0. The Kier molecular flexibility index (Phi) is 4.14. The lowest BCUT2D eigenvalue weighted by molar-refractivity contribution is -0.135. The van der Waals surface area contributed by atoms with E-state index in [1.807, 2.05) is 0 Å². The van der Waals surface area contributed by atoms with Crippen molar-refractivity contribution in [3.63, 3.8) is 0 Å². The Morgan fingerprint density at radius 2 is 2.36 bits per heavy atom. The molecule has 0 N–H and O–H groups in total. The fraction of sp³-hybridized carbons (Fsp3) is 0.727. The second-order valence-corrected chi connectivity index (χ2v) is 3.93. The van der Waals surface area contributed by atoms with E-state index in [0.717, 1.165) is 18.4 Å². The maximum Gasteiger partial charge on any atom is 0.330 e. The van der Waals surface area contributed by atoms with Crippen LogP contribution in [-0.4, -0.2) is 25.8 Å². The lowest BCUT2D eigenvalue weighted by atomic mass is 9.95. The molecule has 0 aromatic carbocycles. The van der Waals surface area contributed by atoms with Gasteiger partial charge in [-0.2, -0.15) is 0 Å². The van der Waals surface area contributed by atoms with Crippen molar-refractivity contribution in [3.8, 4) is 0 Å². The first-order valence-electron chi connectivity index (χ1n) is 5.02. The first kappa shape index (κ1) is 11.2. The van der Waals surface area contributed by atoms with Crippen molar-refractivity contribution in [2.75, 3.05) is 13.7 Å². The van der Waals surface area contributed by atoms with Gasteiger partial charge in [0.15, 0.2) is 0 Å². The molecule has 1 saturated heterocycles. The van der Waals surface area contributed by atoms with Gasteiger partial charge >= 0.3 is 5.97 Å². The van der Waals surface area contributed by atoms with Crippen LogP contribution in [0.25, 0.3) is 0 Å². The molecule has 1 aliphatic heterocycles. The molecular weight excluding hydrogens is 180 g/mol. The molecule has 0 spiro atoms. The molecule has 80 valence electrons. The molecule has 0 aliphatic carbocycles. The van der Waals surface area contributed by atoms with E-state index in [2.05, 4.69) is 18.6 Å². The molecule has 1 fully saturated rings. The molecule has 0 radical (unpaired) electrons. The van der Waals surface area contributed by atoms with E-state index in [-0.39, 0.29) is 12.1 Å².